The molecule has 1 fully saturated rings. The number of carbonyl (C=O) groups is 2. The second-order valence-electron chi connectivity index (χ2n) is 9.01. The predicted octanol–water partition coefficient (Wildman–Crippen LogP) is 0.421. The number of imide groups is 1. The third kappa shape index (κ3) is 2.37. The van der Waals surface area contributed by atoms with Crippen LogP contribution in [0.2, 0.25) is 0 Å². The van der Waals surface area contributed by atoms with Crippen molar-refractivity contribution in [1.82, 2.24) is 14.8 Å². The molecule has 2 amide bonds. The SMILES string of the molecule is CN(C)CCN1C(=O)c2c(c3c4c([nH]c3c3c2=C2C=C5OCOC5=CC2N3)=CC=NC4)C1=O. The van der Waals surface area contributed by atoms with Crippen molar-refractivity contribution < 1.29 is 19.1 Å². The molecule has 166 valence electrons. The van der Waals surface area contributed by atoms with E-state index in [0.29, 0.717) is 42.3 Å². The van der Waals surface area contributed by atoms with Gasteiger partial charge in [-0.25, -0.2) is 0 Å². The van der Waals surface area contributed by atoms with Crippen molar-refractivity contribution in [2.24, 2.45) is 4.99 Å². The van der Waals surface area contributed by atoms with Gasteiger partial charge in [-0.2, -0.15) is 0 Å². The molecule has 9 heteroatoms. The summed E-state index contributed by atoms with van der Waals surface area (Å²) in [5, 5.41) is 6.04. The Morgan fingerprint density at radius 2 is 2.00 bits per heavy atom. The Bertz CT molecular complexity index is 1520. The second kappa shape index (κ2) is 6.35. The number of aromatic nitrogens is 1. The third-order valence-corrected chi connectivity index (χ3v) is 6.87. The molecule has 2 N–H and O–H groups in total. The van der Waals surface area contributed by atoms with E-state index in [4.69, 9.17) is 9.47 Å². The van der Waals surface area contributed by atoms with Gasteiger partial charge < -0.3 is 24.7 Å². The first-order valence-electron chi connectivity index (χ1n) is 10.9. The zero-order chi connectivity index (χ0) is 22.4. The van der Waals surface area contributed by atoms with Crippen molar-refractivity contribution >= 4 is 46.3 Å². The minimum Gasteiger partial charge on any atom is -0.454 e. The normalized spacial score (nSPS) is 21.6. The Hall–Kier alpha value is -3.85. The van der Waals surface area contributed by atoms with Gasteiger partial charge in [0.25, 0.3) is 11.8 Å². The average molecular weight is 443 g/mol. The van der Waals surface area contributed by atoms with E-state index in [2.05, 4.69) is 15.3 Å². The first-order chi connectivity index (χ1) is 16.0. The molecule has 1 aliphatic carbocycles. The fraction of sp³-hybridized carbons (Fsp3) is 0.292. The fourth-order valence-corrected chi connectivity index (χ4v) is 5.34. The first-order valence-corrected chi connectivity index (χ1v) is 10.9. The molecule has 1 atom stereocenters. The number of hydrogen-bond acceptors (Lipinski definition) is 7. The number of hydrogen-bond donors (Lipinski definition) is 2. The van der Waals surface area contributed by atoms with Gasteiger partial charge in [0.05, 0.1) is 34.9 Å². The number of nitrogens with zero attached hydrogens (tertiary/aromatic N) is 3. The Balaban J connectivity index is 1.56. The highest BCUT2D eigenvalue weighted by Gasteiger charge is 2.43. The Morgan fingerprint density at radius 1 is 1.18 bits per heavy atom. The van der Waals surface area contributed by atoms with Gasteiger partial charge in [0, 0.05) is 40.8 Å². The van der Waals surface area contributed by atoms with Crippen LogP contribution < -0.4 is 15.9 Å². The summed E-state index contributed by atoms with van der Waals surface area (Å²) < 4.78 is 11.2. The third-order valence-electron chi connectivity index (χ3n) is 6.87. The molecule has 0 spiro atoms. The van der Waals surface area contributed by atoms with Crippen LogP contribution in [-0.4, -0.2) is 72.8 Å². The van der Waals surface area contributed by atoms with Gasteiger partial charge in [-0.15, -0.1) is 0 Å². The monoisotopic (exact) mass is 443 g/mol. The number of amides is 2. The lowest BCUT2D eigenvalue weighted by atomic mass is 9.94. The van der Waals surface area contributed by atoms with Crippen LogP contribution in [0.4, 0.5) is 5.69 Å². The van der Waals surface area contributed by atoms with Crippen LogP contribution >= 0.6 is 0 Å². The van der Waals surface area contributed by atoms with E-state index >= 15 is 0 Å². The van der Waals surface area contributed by atoms with E-state index in [0.717, 1.165) is 38.3 Å². The van der Waals surface area contributed by atoms with Gasteiger partial charge >= 0.3 is 0 Å². The summed E-state index contributed by atoms with van der Waals surface area (Å²) in [5.41, 5.74) is 4.46. The van der Waals surface area contributed by atoms with Crippen LogP contribution in [0.3, 0.4) is 0 Å². The van der Waals surface area contributed by atoms with Gasteiger partial charge in [0.2, 0.25) is 6.79 Å². The number of anilines is 1. The minimum absolute atomic E-state index is 0.172. The number of aliphatic imine (C=N–C) groups is 1. The van der Waals surface area contributed by atoms with E-state index in [1.165, 1.54) is 4.90 Å². The highest BCUT2D eigenvalue weighted by Crippen LogP contribution is 2.39. The number of benzene rings is 1. The lowest BCUT2D eigenvalue weighted by Gasteiger charge is -2.17. The van der Waals surface area contributed by atoms with Gasteiger partial charge in [-0.05, 0) is 37.9 Å². The zero-order valence-electron chi connectivity index (χ0n) is 18.2. The van der Waals surface area contributed by atoms with Crippen molar-refractivity contribution in [2.75, 3.05) is 39.3 Å². The maximum absolute atomic E-state index is 13.7. The zero-order valence-corrected chi connectivity index (χ0v) is 18.2. The Kier molecular flexibility index (Phi) is 3.60. The Morgan fingerprint density at radius 3 is 2.85 bits per heavy atom. The number of ether oxygens (including phenoxy) is 2. The number of carbonyl (C=O) groups excluding carboxylic acids is 2. The number of H-pyrrole nitrogens is 1. The van der Waals surface area contributed by atoms with Crippen molar-refractivity contribution in [1.29, 1.82) is 0 Å². The van der Waals surface area contributed by atoms with Crippen molar-refractivity contribution in [3.05, 3.63) is 50.9 Å². The lowest BCUT2D eigenvalue weighted by Crippen LogP contribution is -2.36. The van der Waals surface area contributed by atoms with Crippen LogP contribution in [0.25, 0.3) is 22.6 Å². The largest absolute Gasteiger partial charge is 0.454 e. The number of nitrogens with one attached hydrogen (secondary N) is 2. The highest BCUT2D eigenvalue weighted by molar-refractivity contribution is 6.29. The van der Waals surface area contributed by atoms with Gasteiger partial charge in [-0.3, -0.25) is 19.5 Å². The van der Waals surface area contributed by atoms with Gasteiger partial charge in [-0.1, -0.05) is 0 Å². The summed E-state index contributed by atoms with van der Waals surface area (Å²) in [5.74, 6) is 0.850. The van der Waals surface area contributed by atoms with Crippen LogP contribution in [0.1, 0.15) is 26.3 Å². The average Bonchev–Trinajstić information content (AvgIpc) is 3.54. The smallest absolute Gasteiger partial charge is 0.262 e. The standard InChI is InChI=1S/C24H21N5O4/c1-28(2)5-6-29-23(30)19-17-11-7-15-16(33-10-32-15)8-14(11)27-21(17)22-18(20(19)24(29)31)12-9-25-4-3-13(12)26-22/h3-4,7-8,14,26-27H,5-6,9-10H2,1-2H3. The molecule has 0 bridgehead atoms. The number of fused-ring (bicyclic) bond motifs is 10. The van der Waals surface area contributed by atoms with E-state index in [1.54, 1.807) is 6.21 Å². The molecule has 1 saturated heterocycles. The van der Waals surface area contributed by atoms with Crippen LogP contribution in [0.15, 0.2) is 28.7 Å². The second-order valence-corrected chi connectivity index (χ2v) is 9.01. The maximum atomic E-state index is 13.7. The molecule has 5 aliphatic rings. The molecule has 33 heavy (non-hydrogen) atoms. The van der Waals surface area contributed by atoms with Crippen molar-refractivity contribution in [3.63, 3.8) is 0 Å². The van der Waals surface area contributed by atoms with Crippen LogP contribution in [0, 0.1) is 0 Å². The number of rotatable bonds is 3. The molecule has 7 rings (SSSR count). The summed E-state index contributed by atoms with van der Waals surface area (Å²) in [6, 6.07) is -0.172. The van der Waals surface area contributed by atoms with Crippen LogP contribution in [-0.2, 0) is 16.0 Å². The Labute approximate surface area is 188 Å². The number of aromatic amines is 1. The molecule has 4 aliphatic heterocycles. The molecule has 0 saturated carbocycles. The first kappa shape index (κ1) is 18.7. The highest BCUT2D eigenvalue weighted by atomic mass is 16.7. The van der Waals surface area contributed by atoms with Crippen molar-refractivity contribution in [3.8, 4) is 0 Å². The van der Waals surface area contributed by atoms with Gasteiger partial charge in [0.1, 0.15) is 0 Å². The minimum atomic E-state index is -0.250. The molecule has 2 aromatic rings. The summed E-state index contributed by atoms with van der Waals surface area (Å²) in [6.07, 6.45) is 7.57. The lowest BCUT2D eigenvalue weighted by molar-refractivity contribution is 0.0645. The van der Waals surface area contributed by atoms with Crippen molar-refractivity contribution in [2.45, 2.75) is 12.6 Å². The quantitative estimate of drug-likeness (QED) is 0.668. The topological polar surface area (TPSA) is 99.3 Å². The molecule has 9 nitrogen and oxygen atoms in total. The summed E-state index contributed by atoms with van der Waals surface area (Å²) in [7, 11) is 3.85. The van der Waals surface area contributed by atoms with Crippen LogP contribution in [0.5, 0.6) is 0 Å². The summed E-state index contributed by atoms with van der Waals surface area (Å²) >= 11 is 0. The predicted molar refractivity (Wildman–Crippen MR) is 122 cm³/mol. The summed E-state index contributed by atoms with van der Waals surface area (Å²) in [6.45, 7) is 1.57. The molecule has 0 radical (unpaired) electrons. The molecular formula is C24H21N5O4. The fourth-order valence-electron chi connectivity index (χ4n) is 5.34. The van der Waals surface area contributed by atoms with E-state index in [1.807, 2.05) is 37.2 Å². The summed E-state index contributed by atoms with van der Waals surface area (Å²) in [4.78, 5) is 38.6. The van der Waals surface area contributed by atoms with E-state index in [9.17, 15) is 9.59 Å². The number of likely N-dealkylation sites (N-methyl/N-ethyl adjacent to an activating group) is 1. The maximum Gasteiger partial charge on any atom is 0.262 e. The molecule has 5 heterocycles. The molecule has 1 aromatic heterocycles. The molecular weight excluding hydrogens is 422 g/mol. The van der Waals surface area contributed by atoms with Gasteiger partial charge in [0.15, 0.2) is 11.5 Å². The van der Waals surface area contributed by atoms with E-state index in [-0.39, 0.29) is 24.6 Å². The molecule has 1 aromatic carbocycles. The molecule has 1 unspecified atom stereocenters. The van der Waals surface area contributed by atoms with E-state index < -0.39 is 0 Å².